The molecule has 2 heterocycles. The van der Waals surface area contributed by atoms with E-state index in [0.29, 0.717) is 0 Å². The topological polar surface area (TPSA) is 32.8 Å². The number of para-hydroxylation sites is 4. The summed E-state index contributed by atoms with van der Waals surface area (Å²) in [6, 6.07) is 81.7. The molecule has 0 aliphatic heterocycles. The fraction of sp³-hybridized carbons (Fsp3) is 0.0857. The SMILES string of the molecule is Cc1cc(N(c2ccc(-c3ccccc3)cc2)c2cccc3c2oc2ccccc23)c2cc3c4c(cc(N(c5ccc(-c6ccccc6)cc5)c5cccc6c5oc5ccccc56)c5ccc1c2c54)CCC3(C)C. The highest BCUT2D eigenvalue weighted by molar-refractivity contribution is 6.31. The summed E-state index contributed by atoms with van der Waals surface area (Å²) in [6.45, 7) is 7.17. The van der Waals surface area contributed by atoms with Crippen molar-refractivity contribution in [2.24, 2.45) is 0 Å². The number of anilines is 6. The van der Waals surface area contributed by atoms with Crippen LogP contribution in [0.2, 0.25) is 0 Å². The summed E-state index contributed by atoms with van der Waals surface area (Å²) < 4.78 is 13.8. The number of fused-ring (bicyclic) bond motifs is 6. The molecule has 1 aliphatic carbocycles. The maximum atomic E-state index is 6.91. The Morgan fingerprint density at radius 3 is 1.39 bits per heavy atom. The summed E-state index contributed by atoms with van der Waals surface area (Å²) in [7, 11) is 0. The summed E-state index contributed by atoms with van der Waals surface area (Å²) >= 11 is 0. The van der Waals surface area contributed by atoms with Crippen LogP contribution in [0.3, 0.4) is 0 Å². The molecule has 0 bridgehead atoms. The summed E-state index contributed by atoms with van der Waals surface area (Å²) in [5.41, 5.74) is 18.5. The van der Waals surface area contributed by atoms with Crippen molar-refractivity contribution in [1.82, 2.24) is 0 Å². The monoisotopic (exact) mass is 950 g/mol. The third-order valence-corrected chi connectivity index (χ3v) is 16.2. The number of nitrogens with zero attached hydrogens (tertiary/aromatic N) is 2. The van der Waals surface area contributed by atoms with Gasteiger partial charge in [-0.25, -0.2) is 0 Å². The van der Waals surface area contributed by atoms with Gasteiger partial charge in [0.1, 0.15) is 11.2 Å². The Bertz CT molecular complexity index is 4510. The highest BCUT2D eigenvalue weighted by atomic mass is 16.3. The van der Waals surface area contributed by atoms with Crippen molar-refractivity contribution in [3.63, 3.8) is 0 Å². The molecule has 2 aromatic heterocycles. The Morgan fingerprint density at radius 1 is 0.365 bits per heavy atom. The summed E-state index contributed by atoms with van der Waals surface area (Å²) in [4.78, 5) is 4.93. The Balaban J connectivity index is 1.03. The molecule has 74 heavy (non-hydrogen) atoms. The van der Waals surface area contributed by atoms with E-state index in [-0.39, 0.29) is 5.41 Å². The van der Waals surface area contributed by atoms with Crippen molar-refractivity contribution >= 4 is 110 Å². The molecule has 0 atom stereocenters. The fourth-order valence-corrected chi connectivity index (χ4v) is 12.5. The zero-order valence-electron chi connectivity index (χ0n) is 41.5. The van der Waals surface area contributed by atoms with Gasteiger partial charge in [-0.15, -0.1) is 0 Å². The number of aryl methyl sites for hydroxylation is 2. The van der Waals surface area contributed by atoms with E-state index >= 15 is 0 Å². The van der Waals surface area contributed by atoms with Crippen LogP contribution >= 0.6 is 0 Å². The van der Waals surface area contributed by atoms with Gasteiger partial charge in [0.05, 0.1) is 22.7 Å². The van der Waals surface area contributed by atoms with Crippen LogP contribution in [0.25, 0.3) is 98.4 Å². The maximum absolute atomic E-state index is 6.91. The van der Waals surface area contributed by atoms with E-state index in [9.17, 15) is 0 Å². The molecule has 15 rings (SSSR count). The Hall–Kier alpha value is -9.12. The van der Waals surface area contributed by atoms with Crippen LogP contribution in [0.1, 0.15) is 37.0 Å². The van der Waals surface area contributed by atoms with Gasteiger partial charge in [-0.05, 0) is 147 Å². The third-order valence-electron chi connectivity index (χ3n) is 16.2. The molecule has 0 radical (unpaired) electrons. The van der Waals surface area contributed by atoms with Gasteiger partial charge in [0.15, 0.2) is 11.2 Å². The minimum atomic E-state index is -0.0861. The number of hydrogen-bond donors (Lipinski definition) is 0. The van der Waals surface area contributed by atoms with E-state index in [1.54, 1.807) is 0 Å². The molecule has 0 unspecified atom stereocenters. The quantitative estimate of drug-likeness (QED) is 0.142. The van der Waals surface area contributed by atoms with Gasteiger partial charge < -0.3 is 18.6 Å². The number of rotatable bonds is 8. The molecular weight excluding hydrogens is 901 g/mol. The third kappa shape index (κ3) is 6.41. The molecule has 14 aromatic rings. The van der Waals surface area contributed by atoms with E-state index in [1.807, 2.05) is 0 Å². The standard InChI is InChI=1S/C70H50N2O2/c1-43-40-61(71(49-32-28-46(29-33-49)44-16-6-4-7-17-44)59-24-14-22-54-52-20-10-12-26-63(52)73-68(54)59)57-42-58-65-48(38-39-70(58,2)3)41-62(56-37-36-51(43)66(57)67(56)65)72(50-34-30-47(31-35-50)45-18-8-5-9-19-45)60-25-15-23-55-53-21-11-13-27-64(53)74-69(55)60/h4-37,40-42H,38-39H2,1-3H3. The Labute approximate surface area is 429 Å². The summed E-state index contributed by atoms with van der Waals surface area (Å²) in [5, 5.41) is 12.1. The number of furan rings is 2. The van der Waals surface area contributed by atoms with Crippen LogP contribution < -0.4 is 9.80 Å². The van der Waals surface area contributed by atoms with E-state index in [4.69, 9.17) is 8.83 Å². The predicted octanol–water partition coefficient (Wildman–Crippen LogP) is 20.2. The zero-order chi connectivity index (χ0) is 49.2. The molecule has 4 heteroatoms. The van der Waals surface area contributed by atoms with Crippen molar-refractivity contribution in [3.05, 3.63) is 241 Å². The first-order chi connectivity index (χ1) is 36.4. The average molecular weight is 951 g/mol. The lowest BCUT2D eigenvalue weighted by atomic mass is 9.70. The lowest BCUT2D eigenvalue weighted by Crippen LogP contribution is -2.24. The Kier molecular flexibility index (Phi) is 9.31. The molecule has 4 nitrogen and oxygen atoms in total. The molecule has 0 saturated carbocycles. The lowest BCUT2D eigenvalue weighted by molar-refractivity contribution is 0.475. The molecule has 0 saturated heterocycles. The molecule has 352 valence electrons. The highest BCUT2D eigenvalue weighted by Crippen LogP contribution is 2.55. The fourth-order valence-electron chi connectivity index (χ4n) is 12.5. The molecule has 1 aliphatic rings. The van der Waals surface area contributed by atoms with E-state index < -0.39 is 0 Å². The molecule has 0 amide bonds. The second-order valence-electron chi connectivity index (χ2n) is 20.9. The number of hydrogen-bond acceptors (Lipinski definition) is 4. The van der Waals surface area contributed by atoms with Crippen molar-refractivity contribution in [3.8, 4) is 22.3 Å². The van der Waals surface area contributed by atoms with Gasteiger partial charge >= 0.3 is 0 Å². The summed E-state index contributed by atoms with van der Waals surface area (Å²) in [5.74, 6) is 0. The van der Waals surface area contributed by atoms with Crippen molar-refractivity contribution in [2.45, 2.75) is 39.0 Å². The van der Waals surface area contributed by atoms with Crippen LogP contribution in [0.5, 0.6) is 0 Å². The second kappa shape index (κ2) is 16.2. The van der Waals surface area contributed by atoms with Crippen molar-refractivity contribution in [1.29, 1.82) is 0 Å². The summed E-state index contributed by atoms with van der Waals surface area (Å²) in [6.07, 6.45) is 1.99. The van der Waals surface area contributed by atoms with Crippen LogP contribution in [0.4, 0.5) is 34.1 Å². The van der Waals surface area contributed by atoms with Gasteiger partial charge in [0.25, 0.3) is 0 Å². The van der Waals surface area contributed by atoms with Crippen LogP contribution in [0.15, 0.2) is 233 Å². The highest BCUT2D eigenvalue weighted by Gasteiger charge is 2.34. The number of benzene rings is 12. The van der Waals surface area contributed by atoms with Crippen molar-refractivity contribution < 1.29 is 8.83 Å². The van der Waals surface area contributed by atoms with Gasteiger partial charge in [-0.1, -0.05) is 172 Å². The van der Waals surface area contributed by atoms with Gasteiger partial charge in [0, 0.05) is 49.1 Å². The minimum absolute atomic E-state index is 0.0861. The second-order valence-corrected chi connectivity index (χ2v) is 20.9. The molecule has 0 fully saturated rings. The minimum Gasteiger partial charge on any atom is -0.454 e. The van der Waals surface area contributed by atoms with Gasteiger partial charge in [-0.3, -0.25) is 0 Å². The first-order valence-corrected chi connectivity index (χ1v) is 25.9. The van der Waals surface area contributed by atoms with E-state index in [2.05, 4.69) is 255 Å². The first kappa shape index (κ1) is 42.6. The zero-order valence-corrected chi connectivity index (χ0v) is 41.5. The molecule has 0 spiro atoms. The first-order valence-electron chi connectivity index (χ1n) is 25.9. The van der Waals surface area contributed by atoms with Crippen LogP contribution in [0, 0.1) is 6.92 Å². The maximum Gasteiger partial charge on any atom is 0.159 e. The lowest BCUT2D eigenvalue weighted by Gasteiger charge is -2.37. The predicted molar refractivity (Wildman–Crippen MR) is 311 cm³/mol. The Morgan fingerprint density at radius 2 is 0.838 bits per heavy atom. The molecule has 12 aromatic carbocycles. The van der Waals surface area contributed by atoms with Crippen molar-refractivity contribution in [2.75, 3.05) is 9.80 Å². The molecule has 0 N–H and O–H groups in total. The normalized spacial score (nSPS) is 13.3. The van der Waals surface area contributed by atoms with Gasteiger partial charge in [-0.2, -0.15) is 0 Å². The largest absolute Gasteiger partial charge is 0.454 e. The van der Waals surface area contributed by atoms with Gasteiger partial charge in [0.2, 0.25) is 0 Å². The average Bonchev–Trinajstić information content (AvgIpc) is 4.04. The van der Waals surface area contributed by atoms with Crippen LogP contribution in [-0.4, -0.2) is 0 Å². The van der Waals surface area contributed by atoms with Crippen LogP contribution in [-0.2, 0) is 11.8 Å². The van der Waals surface area contributed by atoms with E-state index in [0.717, 1.165) is 90.8 Å². The smallest absolute Gasteiger partial charge is 0.159 e. The molecular formula is C70H50N2O2. The van der Waals surface area contributed by atoms with E-state index in [1.165, 1.54) is 71.3 Å².